The van der Waals surface area contributed by atoms with Gasteiger partial charge >= 0.3 is 0 Å². The lowest BCUT2D eigenvalue weighted by atomic mass is 9.80. The number of fused-ring (bicyclic) bond motifs is 1. The zero-order valence-corrected chi connectivity index (χ0v) is 10.5. The Morgan fingerprint density at radius 3 is 3.00 bits per heavy atom. The molecule has 1 heterocycles. The Morgan fingerprint density at radius 1 is 1.39 bits per heavy atom. The molecule has 2 unspecified atom stereocenters. The SMILES string of the molecule is Cn1ncnc1CC1CCc2ccccc2C1O. The lowest BCUT2D eigenvalue weighted by Gasteiger charge is -2.29. The van der Waals surface area contributed by atoms with Crippen LogP contribution in [0.1, 0.15) is 29.5 Å². The largest absolute Gasteiger partial charge is 0.388 e. The highest BCUT2D eigenvalue weighted by atomic mass is 16.3. The van der Waals surface area contributed by atoms with Crippen LogP contribution in [0, 0.1) is 5.92 Å². The van der Waals surface area contributed by atoms with Gasteiger partial charge in [-0.1, -0.05) is 24.3 Å². The Bertz CT molecular complexity index is 549. The molecule has 3 rings (SSSR count). The first-order chi connectivity index (χ1) is 8.75. The quantitative estimate of drug-likeness (QED) is 0.872. The van der Waals surface area contributed by atoms with Crippen LogP contribution < -0.4 is 0 Å². The van der Waals surface area contributed by atoms with Gasteiger partial charge in [-0.05, 0) is 29.9 Å². The number of aryl methyl sites for hydroxylation is 2. The Kier molecular flexibility index (Phi) is 2.88. The van der Waals surface area contributed by atoms with E-state index >= 15 is 0 Å². The molecular weight excluding hydrogens is 226 g/mol. The molecule has 18 heavy (non-hydrogen) atoms. The van der Waals surface area contributed by atoms with Crippen LogP contribution in [0.5, 0.6) is 0 Å². The van der Waals surface area contributed by atoms with E-state index in [0.717, 1.165) is 30.7 Å². The van der Waals surface area contributed by atoms with Crippen LogP contribution in [0.3, 0.4) is 0 Å². The summed E-state index contributed by atoms with van der Waals surface area (Å²) in [5.74, 6) is 1.18. The van der Waals surface area contributed by atoms with Crippen molar-refractivity contribution >= 4 is 0 Å². The minimum absolute atomic E-state index is 0.239. The van der Waals surface area contributed by atoms with Crippen LogP contribution >= 0.6 is 0 Å². The van der Waals surface area contributed by atoms with Gasteiger partial charge in [-0.25, -0.2) is 4.98 Å². The Balaban J connectivity index is 1.83. The predicted octanol–water partition coefficient (Wildman–Crippen LogP) is 1.65. The molecule has 1 aliphatic carbocycles. The van der Waals surface area contributed by atoms with Crippen LogP contribution in [0.15, 0.2) is 30.6 Å². The van der Waals surface area contributed by atoms with Gasteiger partial charge in [0.25, 0.3) is 0 Å². The Labute approximate surface area is 106 Å². The average Bonchev–Trinajstić information content (AvgIpc) is 2.79. The second kappa shape index (κ2) is 4.53. The summed E-state index contributed by atoms with van der Waals surface area (Å²) in [5, 5.41) is 14.5. The maximum Gasteiger partial charge on any atom is 0.138 e. The summed E-state index contributed by atoms with van der Waals surface area (Å²) in [7, 11) is 1.89. The fraction of sp³-hybridized carbons (Fsp3) is 0.429. The number of aromatic nitrogens is 3. The first-order valence-electron chi connectivity index (χ1n) is 6.34. The fourth-order valence-corrected chi connectivity index (χ4v) is 2.76. The van der Waals surface area contributed by atoms with Crippen molar-refractivity contribution in [3.63, 3.8) is 0 Å². The standard InChI is InChI=1S/C14H17N3O/c1-17-13(15-9-16-17)8-11-7-6-10-4-2-3-5-12(10)14(11)18/h2-5,9,11,14,18H,6-8H2,1H3. The molecule has 0 bridgehead atoms. The normalized spacial score (nSPS) is 22.8. The lowest BCUT2D eigenvalue weighted by molar-refractivity contribution is 0.0920. The first-order valence-corrected chi connectivity index (χ1v) is 6.34. The summed E-state index contributed by atoms with van der Waals surface area (Å²) in [6, 6.07) is 8.17. The summed E-state index contributed by atoms with van der Waals surface area (Å²) in [6.07, 6.45) is 4.01. The molecule has 0 saturated heterocycles. The number of benzene rings is 1. The highest BCUT2D eigenvalue weighted by Crippen LogP contribution is 2.35. The molecule has 0 amide bonds. The molecule has 2 atom stereocenters. The summed E-state index contributed by atoms with van der Waals surface area (Å²) in [5.41, 5.74) is 2.36. The molecule has 0 aliphatic heterocycles. The van der Waals surface area contributed by atoms with Gasteiger partial charge in [0.05, 0.1) is 6.10 Å². The maximum atomic E-state index is 10.5. The molecule has 2 aromatic rings. The van der Waals surface area contributed by atoms with E-state index in [1.54, 1.807) is 11.0 Å². The van der Waals surface area contributed by atoms with Gasteiger partial charge in [0.1, 0.15) is 12.2 Å². The van der Waals surface area contributed by atoms with E-state index in [0.29, 0.717) is 0 Å². The Morgan fingerprint density at radius 2 is 2.22 bits per heavy atom. The van der Waals surface area contributed by atoms with Crippen molar-refractivity contribution in [3.05, 3.63) is 47.5 Å². The maximum absolute atomic E-state index is 10.5. The molecule has 1 aromatic carbocycles. The molecule has 0 saturated carbocycles. The van der Waals surface area contributed by atoms with E-state index in [9.17, 15) is 5.11 Å². The van der Waals surface area contributed by atoms with Crippen molar-refractivity contribution < 1.29 is 5.11 Å². The highest BCUT2D eigenvalue weighted by Gasteiger charge is 2.28. The number of aliphatic hydroxyl groups excluding tert-OH is 1. The fourth-order valence-electron chi connectivity index (χ4n) is 2.76. The van der Waals surface area contributed by atoms with Gasteiger partial charge in [0, 0.05) is 13.5 Å². The van der Waals surface area contributed by atoms with E-state index < -0.39 is 0 Å². The number of hydrogen-bond donors (Lipinski definition) is 1. The van der Waals surface area contributed by atoms with E-state index in [2.05, 4.69) is 16.1 Å². The topological polar surface area (TPSA) is 50.9 Å². The molecule has 0 spiro atoms. The van der Waals surface area contributed by atoms with Gasteiger partial charge in [-0.15, -0.1) is 0 Å². The zero-order chi connectivity index (χ0) is 12.5. The van der Waals surface area contributed by atoms with Crippen molar-refractivity contribution in [1.29, 1.82) is 0 Å². The highest BCUT2D eigenvalue weighted by molar-refractivity contribution is 5.32. The van der Waals surface area contributed by atoms with Crippen LogP contribution in [0.2, 0.25) is 0 Å². The molecule has 0 radical (unpaired) electrons. The van der Waals surface area contributed by atoms with Gasteiger partial charge in [0.2, 0.25) is 0 Å². The van der Waals surface area contributed by atoms with Crippen molar-refractivity contribution in [2.24, 2.45) is 13.0 Å². The van der Waals surface area contributed by atoms with E-state index in [-0.39, 0.29) is 12.0 Å². The van der Waals surface area contributed by atoms with Gasteiger partial charge in [0.15, 0.2) is 0 Å². The van der Waals surface area contributed by atoms with Crippen LogP contribution in [-0.2, 0) is 19.9 Å². The summed E-state index contributed by atoms with van der Waals surface area (Å²) in [6.45, 7) is 0. The third-order valence-corrected chi connectivity index (χ3v) is 3.85. The number of rotatable bonds is 2. The molecule has 4 nitrogen and oxygen atoms in total. The van der Waals surface area contributed by atoms with E-state index in [4.69, 9.17) is 0 Å². The number of hydrogen-bond acceptors (Lipinski definition) is 3. The second-order valence-electron chi connectivity index (χ2n) is 4.95. The number of nitrogens with zero attached hydrogens (tertiary/aromatic N) is 3. The number of aliphatic hydroxyl groups is 1. The molecule has 1 aliphatic rings. The van der Waals surface area contributed by atoms with Crippen LogP contribution in [0.25, 0.3) is 0 Å². The summed E-state index contributed by atoms with van der Waals surface area (Å²) >= 11 is 0. The van der Waals surface area contributed by atoms with Gasteiger partial charge < -0.3 is 5.11 Å². The smallest absolute Gasteiger partial charge is 0.138 e. The molecule has 0 fully saturated rings. The van der Waals surface area contributed by atoms with Crippen molar-refractivity contribution in [2.45, 2.75) is 25.4 Å². The first kappa shape index (κ1) is 11.4. The minimum Gasteiger partial charge on any atom is -0.388 e. The molecule has 94 valence electrons. The third kappa shape index (κ3) is 1.93. The summed E-state index contributed by atoms with van der Waals surface area (Å²) in [4.78, 5) is 4.24. The second-order valence-corrected chi connectivity index (χ2v) is 4.95. The molecule has 4 heteroatoms. The van der Waals surface area contributed by atoms with Crippen LogP contribution in [0.4, 0.5) is 0 Å². The van der Waals surface area contributed by atoms with Crippen molar-refractivity contribution in [1.82, 2.24) is 14.8 Å². The summed E-state index contributed by atoms with van der Waals surface area (Å²) < 4.78 is 1.78. The molecule has 1 aromatic heterocycles. The van der Waals surface area contributed by atoms with E-state index in [1.165, 1.54) is 5.56 Å². The van der Waals surface area contributed by atoms with Gasteiger partial charge in [-0.2, -0.15) is 5.10 Å². The third-order valence-electron chi connectivity index (χ3n) is 3.85. The van der Waals surface area contributed by atoms with Crippen molar-refractivity contribution in [3.8, 4) is 0 Å². The van der Waals surface area contributed by atoms with Crippen molar-refractivity contribution in [2.75, 3.05) is 0 Å². The predicted molar refractivity (Wildman–Crippen MR) is 67.9 cm³/mol. The molecular formula is C14H17N3O. The lowest BCUT2D eigenvalue weighted by Crippen LogP contribution is -2.23. The Hall–Kier alpha value is -1.68. The molecule has 1 N–H and O–H groups in total. The van der Waals surface area contributed by atoms with Crippen LogP contribution in [-0.4, -0.2) is 19.9 Å². The minimum atomic E-state index is -0.383. The average molecular weight is 243 g/mol. The van der Waals surface area contributed by atoms with Gasteiger partial charge in [-0.3, -0.25) is 4.68 Å². The monoisotopic (exact) mass is 243 g/mol. The zero-order valence-electron chi connectivity index (χ0n) is 10.5. The van der Waals surface area contributed by atoms with E-state index in [1.807, 2.05) is 25.2 Å².